The van der Waals surface area contributed by atoms with Crippen LogP contribution in [0, 0.1) is 6.92 Å². The second-order valence-corrected chi connectivity index (χ2v) is 6.34. The molecule has 20 heavy (non-hydrogen) atoms. The number of rotatable bonds is 0. The molecule has 1 N–H and O–H groups in total. The molecule has 4 rings (SSSR count). The Morgan fingerprint density at radius 3 is 3.00 bits per heavy atom. The van der Waals surface area contributed by atoms with Crippen LogP contribution >= 0.6 is 0 Å². The summed E-state index contributed by atoms with van der Waals surface area (Å²) in [5.74, 6) is 1.98. The summed E-state index contributed by atoms with van der Waals surface area (Å²) in [6.07, 6.45) is 8.55. The van der Waals surface area contributed by atoms with E-state index in [1.54, 1.807) is 0 Å². The third-order valence-electron chi connectivity index (χ3n) is 5.13. The van der Waals surface area contributed by atoms with Crippen LogP contribution in [0.4, 0.5) is 5.82 Å². The largest absolute Gasteiger partial charge is 0.352 e. The van der Waals surface area contributed by atoms with Crippen LogP contribution in [0.15, 0.2) is 6.20 Å². The molecule has 2 fully saturated rings. The fraction of sp³-hybridized carbons (Fsp3) is 0.667. The van der Waals surface area contributed by atoms with Crippen molar-refractivity contribution >= 4 is 11.7 Å². The minimum absolute atomic E-state index is 0.0383. The van der Waals surface area contributed by atoms with E-state index in [9.17, 15) is 4.79 Å². The number of carbonyl (C=O) groups excluding carboxylic acids is 1. The number of fused-ring (bicyclic) bond motifs is 4. The van der Waals surface area contributed by atoms with E-state index in [1.165, 1.54) is 18.4 Å². The summed E-state index contributed by atoms with van der Waals surface area (Å²) in [6, 6.07) is -0.0383. The summed E-state index contributed by atoms with van der Waals surface area (Å²) in [5, 5.41) is 3.14. The van der Waals surface area contributed by atoms with Gasteiger partial charge in [0.1, 0.15) is 17.7 Å². The Labute approximate surface area is 118 Å². The summed E-state index contributed by atoms with van der Waals surface area (Å²) < 4.78 is 0. The zero-order valence-electron chi connectivity index (χ0n) is 11.9. The smallest absolute Gasteiger partial charge is 0.242 e. The molecule has 0 aromatic carbocycles. The summed E-state index contributed by atoms with van der Waals surface area (Å²) in [5.41, 5.74) is 1.29. The number of anilines is 1. The van der Waals surface area contributed by atoms with Gasteiger partial charge >= 0.3 is 0 Å². The van der Waals surface area contributed by atoms with Gasteiger partial charge in [0.2, 0.25) is 5.91 Å². The number of carbonyl (C=O) groups is 1. The average molecular weight is 272 g/mol. The Bertz CT molecular complexity index is 565. The van der Waals surface area contributed by atoms with Crippen molar-refractivity contribution in [1.82, 2.24) is 15.3 Å². The molecule has 1 saturated carbocycles. The van der Waals surface area contributed by atoms with Crippen LogP contribution in [0.1, 0.15) is 43.5 Å². The highest BCUT2D eigenvalue weighted by Crippen LogP contribution is 2.44. The second kappa shape index (κ2) is 4.17. The van der Waals surface area contributed by atoms with Gasteiger partial charge < -0.3 is 10.2 Å². The molecule has 106 valence electrons. The molecule has 0 radical (unpaired) electrons. The van der Waals surface area contributed by atoms with Crippen molar-refractivity contribution in [2.75, 3.05) is 11.4 Å². The van der Waals surface area contributed by atoms with Gasteiger partial charge in [-0.2, -0.15) is 0 Å². The van der Waals surface area contributed by atoms with Crippen molar-refractivity contribution < 1.29 is 4.79 Å². The van der Waals surface area contributed by atoms with Gasteiger partial charge in [-0.15, -0.1) is 0 Å². The van der Waals surface area contributed by atoms with Gasteiger partial charge in [-0.25, -0.2) is 9.97 Å². The number of hydrogen-bond donors (Lipinski definition) is 1. The van der Waals surface area contributed by atoms with Crippen LogP contribution in [0.2, 0.25) is 0 Å². The zero-order valence-corrected chi connectivity index (χ0v) is 11.9. The minimum atomic E-state index is -0.0383. The van der Waals surface area contributed by atoms with Crippen LogP contribution in [0.5, 0.6) is 0 Å². The van der Waals surface area contributed by atoms with Crippen LogP contribution in [0.25, 0.3) is 0 Å². The first-order valence-corrected chi connectivity index (χ1v) is 7.59. The number of amides is 1. The molecule has 5 nitrogen and oxygen atoms in total. The molecular weight excluding hydrogens is 252 g/mol. The van der Waals surface area contributed by atoms with Gasteiger partial charge in [0, 0.05) is 18.3 Å². The predicted octanol–water partition coefficient (Wildman–Crippen LogP) is 1.35. The van der Waals surface area contributed by atoms with Gasteiger partial charge in [0.15, 0.2) is 0 Å². The molecule has 1 aromatic heterocycles. The van der Waals surface area contributed by atoms with Crippen molar-refractivity contribution in [3.63, 3.8) is 0 Å². The lowest BCUT2D eigenvalue weighted by molar-refractivity contribution is -0.125. The zero-order chi connectivity index (χ0) is 13.7. The first kappa shape index (κ1) is 12.1. The maximum Gasteiger partial charge on any atom is 0.242 e. The number of aromatic nitrogens is 2. The van der Waals surface area contributed by atoms with Gasteiger partial charge in [-0.3, -0.25) is 4.79 Å². The van der Waals surface area contributed by atoms with Crippen molar-refractivity contribution in [2.45, 2.75) is 57.0 Å². The topological polar surface area (TPSA) is 58.1 Å². The van der Waals surface area contributed by atoms with Crippen LogP contribution in [-0.2, 0) is 11.2 Å². The summed E-state index contributed by atoms with van der Waals surface area (Å²) in [7, 11) is 0. The van der Waals surface area contributed by atoms with Crippen molar-refractivity contribution in [2.24, 2.45) is 0 Å². The van der Waals surface area contributed by atoms with Crippen LogP contribution in [-0.4, -0.2) is 34.0 Å². The molecule has 1 atom stereocenters. The Kier molecular flexibility index (Phi) is 2.53. The quantitative estimate of drug-likeness (QED) is 0.774. The van der Waals surface area contributed by atoms with E-state index >= 15 is 0 Å². The van der Waals surface area contributed by atoms with Crippen molar-refractivity contribution in [1.29, 1.82) is 0 Å². The molecule has 3 heterocycles. The van der Waals surface area contributed by atoms with Gasteiger partial charge in [-0.1, -0.05) is 12.8 Å². The molecule has 1 aliphatic carbocycles. The van der Waals surface area contributed by atoms with E-state index in [0.29, 0.717) is 0 Å². The predicted molar refractivity (Wildman–Crippen MR) is 75.6 cm³/mol. The number of nitrogens with zero attached hydrogens (tertiary/aromatic N) is 3. The molecular formula is C15H20N4O. The van der Waals surface area contributed by atoms with Crippen LogP contribution in [0.3, 0.4) is 0 Å². The molecule has 1 aromatic rings. The van der Waals surface area contributed by atoms with Gasteiger partial charge in [-0.05, 0) is 32.6 Å². The van der Waals surface area contributed by atoms with Crippen molar-refractivity contribution in [3.8, 4) is 0 Å². The molecule has 5 heteroatoms. The molecule has 1 unspecified atom stereocenters. The van der Waals surface area contributed by atoms with Crippen molar-refractivity contribution in [3.05, 3.63) is 17.6 Å². The van der Waals surface area contributed by atoms with E-state index in [2.05, 4.69) is 20.2 Å². The van der Waals surface area contributed by atoms with E-state index in [1.807, 2.05) is 13.1 Å². The first-order valence-electron chi connectivity index (χ1n) is 7.59. The minimum Gasteiger partial charge on any atom is -0.352 e. The SMILES string of the molecule is Cc1ncc2c(n1)N1C(CC2)C(=O)NCC12CCCC2. The Balaban J connectivity index is 1.86. The highest BCUT2D eigenvalue weighted by atomic mass is 16.2. The molecule has 1 saturated heterocycles. The molecule has 3 aliphatic rings. The lowest BCUT2D eigenvalue weighted by Gasteiger charge is -2.52. The molecule has 2 aliphatic heterocycles. The molecule has 0 bridgehead atoms. The number of aryl methyl sites for hydroxylation is 2. The average Bonchev–Trinajstić information content (AvgIpc) is 2.92. The second-order valence-electron chi connectivity index (χ2n) is 6.34. The fourth-order valence-corrected chi connectivity index (χ4v) is 4.15. The Hall–Kier alpha value is -1.65. The monoisotopic (exact) mass is 272 g/mol. The summed E-state index contributed by atoms with van der Waals surface area (Å²) in [4.78, 5) is 23.6. The third-order valence-corrected chi connectivity index (χ3v) is 5.13. The number of hydrogen-bond acceptors (Lipinski definition) is 4. The lowest BCUT2D eigenvalue weighted by atomic mass is 9.85. The maximum atomic E-state index is 12.3. The summed E-state index contributed by atoms with van der Waals surface area (Å²) in [6.45, 7) is 2.69. The Morgan fingerprint density at radius 2 is 2.20 bits per heavy atom. The van der Waals surface area contributed by atoms with Gasteiger partial charge in [0.05, 0.1) is 5.54 Å². The Morgan fingerprint density at radius 1 is 1.40 bits per heavy atom. The van der Waals surface area contributed by atoms with E-state index < -0.39 is 0 Å². The number of nitrogens with one attached hydrogen (secondary N) is 1. The third kappa shape index (κ3) is 1.58. The standard InChI is InChI=1S/C15H20N4O/c1-10-16-8-11-4-5-12-14(20)17-9-15(6-2-3-7-15)19(12)13(11)18-10/h8,12H,2-7,9H2,1H3,(H,17,20). The van der Waals surface area contributed by atoms with E-state index in [0.717, 1.165) is 43.9 Å². The normalized spacial score (nSPS) is 27.1. The van der Waals surface area contributed by atoms with E-state index in [-0.39, 0.29) is 17.5 Å². The molecule has 1 spiro atoms. The fourth-order valence-electron chi connectivity index (χ4n) is 4.15. The van der Waals surface area contributed by atoms with Crippen LogP contribution < -0.4 is 10.2 Å². The maximum absolute atomic E-state index is 12.3. The summed E-state index contributed by atoms with van der Waals surface area (Å²) >= 11 is 0. The number of piperazine rings is 1. The van der Waals surface area contributed by atoms with E-state index in [4.69, 9.17) is 0 Å². The lowest BCUT2D eigenvalue weighted by Crippen LogP contribution is -2.68. The molecule has 1 amide bonds. The first-order chi connectivity index (χ1) is 9.70. The van der Waals surface area contributed by atoms with Gasteiger partial charge in [0.25, 0.3) is 0 Å². The highest BCUT2D eigenvalue weighted by Gasteiger charge is 2.50. The highest BCUT2D eigenvalue weighted by molar-refractivity contribution is 5.88.